The Hall–Kier alpha value is -3.15. The maximum Gasteiger partial charge on any atom is 0.275 e. The molecule has 0 fully saturated rings. The van der Waals surface area contributed by atoms with E-state index in [1.54, 1.807) is 36.5 Å². The van der Waals surface area contributed by atoms with E-state index in [2.05, 4.69) is 15.3 Å². The topological polar surface area (TPSA) is 74.8 Å². The number of aryl methyl sites for hydroxylation is 1. The van der Waals surface area contributed by atoms with Crippen molar-refractivity contribution in [3.63, 3.8) is 0 Å². The number of carbonyl (C=O) groups excluding carboxylic acids is 1. The van der Waals surface area contributed by atoms with Gasteiger partial charge in [0.1, 0.15) is 11.2 Å². The van der Waals surface area contributed by atoms with Gasteiger partial charge in [-0.2, -0.15) is 0 Å². The van der Waals surface area contributed by atoms with Crippen LogP contribution in [0.3, 0.4) is 0 Å². The van der Waals surface area contributed by atoms with Crippen LogP contribution in [0.2, 0.25) is 10.0 Å². The summed E-state index contributed by atoms with van der Waals surface area (Å²) in [4.78, 5) is 32.6. The second kappa shape index (κ2) is 8.30. The van der Waals surface area contributed by atoms with Gasteiger partial charge in [-0.05, 0) is 42.3 Å². The summed E-state index contributed by atoms with van der Waals surface area (Å²) in [5.74, 6) is -0.412. The van der Waals surface area contributed by atoms with E-state index in [9.17, 15) is 9.59 Å². The van der Waals surface area contributed by atoms with Gasteiger partial charge in [0.05, 0.1) is 0 Å². The van der Waals surface area contributed by atoms with E-state index in [1.807, 2.05) is 31.2 Å². The van der Waals surface area contributed by atoms with Gasteiger partial charge < -0.3 is 10.3 Å². The highest BCUT2D eigenvalue weighted by Gasteiger charge is 2.19. The van der Waals surface area contributed by atoms with Crippen LogP contribution in [0, 0.1) is 6.92 Å². The van der Waals surface area contributed by atoms with E-state index in [-0.39, 0.29) is 17.8 Å². The summed E-state index contributed by atoms with van der Waals surface area (Å²) in [6, 6.07) is 16.4. The maximum atomic E-state index is 13.1. The third-order valence-electron chi connectivity index (χ3n) is 4.72. The first kappa shape index (κ1) is 20.1. The van der Waals surface area contributed by atoms with Crippen molar-refractivity contribution < 1.29 is 4.79 Å². The number of aromatic amines is 1. The number of hydrogen-bond acceptors (Lipinski definition) is 3. The number of amides is 1. The van der Waals surface area contributed by atoms with E-state index in [0.717, 1.165) is 16.7 Å². The van der Waals surface area contributed by atoms with Crippen molar-refractivity contribution in [2.45, 2.75) is 13.5 Å². The molecule has 0 aliphatic heterocycles. The van der Waals surface area contributed by atoms with Crippen LogP contribution in [0.1, 0.15) is 21.6 Å². The van der Waals surface area contributed by atoms with E-state index in [1.165, 1.54) is 0 Å². The van der Waals surface area contributed by atoms with Gasteiger partial charge in [0, 0.05) is 33.7 Å². The predicted octanol–water partition coefficient (Wildman–Crippen LogP) is 5.14. The Morgan fingerprint density at radius 3 is 2.47 bits per heavy atom. The van der Waals surface area contributed by atoms with Crippen LogP contribution < -0.4 is 10.9 Å². The van der Waals surface area contributed by atoms with Gasteiger partial charge in [0.2, 0.25) is 0 Å². The highest BCUT2D eigenvalue weighted by Crippen LogP contribution is 2.29. The van der Waals surface area contributed by atoms with Gasteiger partial charge in [-0.25, -0.2) is 0 Å². The lowest BCUT2D eigenvalue weighted by atomic mass is 9.98. The monoisotopic (exact) mass is 437 g/mol. The Labute approximate surface area is 182 Å². The normalized spacial score (nSPS) is 10.9. The number of hydrogen-bond donors (Lipinski definition) is 2. The maximum absolute atomic E-state index is 13.1. The molecular formula is C23H17Cl2N3O2. The standard InChI is InChI=1S/C23H17Cl2N3O2/c1-13-4-6-15(7-5-13)19-18-3-2-8-26-20(18)23(30)28-21(19)22(29)27-12-14-9-16(24)11-17(25)10-14/h2-11H,12H2,1H3,(H,27,29)(H,28,30). The van der Waals surface area contributed by atoms with Gasteiger partial charge in [-0.3, -0.25) is 14.6 Å². The summed E-state index contributed by atoms with van der Waals surface area (Å²) < 4.78 is 0. The minimum atomic E-state index is -0.419. The molecule has 1 amide bonds. The molecule has 0 atom stereocenters. The molecule has 0 saturated heterocycles. The summed E-state index contributed by atoms with van der Waals surface area (Å²) in [5.41, 5.74) is 3.32. The van der Waals surface area contributed by atoms with Crippen LogP contribution in [-0.2, 0) is 6.54 Å². The summed E-state index contributed by atoms with van der Waals surface area (Å²) in [6.07, 6.45) is 1.55. The molecule has 0 saturated carbocycles. The quantitative estimate of drug-likeness (QED) is 0.464. The van der Waals surface area contributed by atoms with Crippen LogP contribution >= 0.6 is 23.2 Å². The number of aromatic nitrogens is 2. The first-order chi connectivity index (χ1) is 14.4. The lowest BCUT2D eigenvalue weighted by molar-refractivity contribution is 0.0946. The molecule has 4 aromatic rings. The molecule has 0 aliphatic carbocycles. The average Bonchev–Trinajstić information content (AvgIpc) is 2.72. The highest BCUT2D eigenvalue weighted by atomic mass is 35.5. The molecule has 30 heavy (non-hydrogen) atoms. The molecule has 0 unspecified atom stereocenters. The molecule has 2 heterocycles. The van der Waals surface area contributed by atoms with Crippen LogP contribution in [0.15, 0.2) is 65.6 Å². The lowest BCUT2D eigenvalue weighted by Gasteiger charge is -2.13. The summed E-state index contributed by atoms with van der Waals surface area (Å²) in [6.45, 7) is 2.19. The number of pyridine rings is 2. The van der Waals surface area contributed by atoms with Crippen LogP contribution in [0.25, 0.3) is 22.0 Å². The van der Waals surface area contributed by atoms with Gasteiger partial charge >= 0.3 is 0 Å². The Balaban J connectivity index is 1.79. The van der Waals surface area contributed by atoms with E-state index < -0.39 is 11.5 Å². The molecule has 5 nitrogen and oxygen atoms in total. The lowest BCUT2D eigenvalue weighted by Crippen LogP contribution is -2.27. The number of benzene rings is 2. The van der Waals surface area contributed by atoms with Crippen LogP contribution in [0.4, 0.5) is 0 Å². The minimum absolute atomic E-state index is 0.178. The van der Waals surface area contributed by atoms with Gasteiger partial charge in [0.25, 0.3) is 11.5 Å². The first-order valence-electron chi connectivity index (χ1n) is 9.23. The first-order valence-corrected chi connectivity index (χ1v) is 9.99. The fraction of sp³-hybridized carbons (Fsp3) is 0.0870. The zero-order chi connectivity index (χ0) is 21.3. The molecule has 0 aliphatic rings. The molecule has 2 aromatic heterocycles. The van der Waals surface area contributed by atoms with E-state index in [0.29, 0.717) is 21.0 Å². The SMILES string of the molecule is Cc1ccc(-c2c(C(=O)NCc3cc(Cl)cc(Cl)c3)[nH]c(=O)c3ncccc23)cc1. The van der Waals surface area contributed by atoms with Crippen LogP contribution in [-0.4, -0.2) is 15.9 Å². The Kier molecular flexibility index (Phi) is 5.57. The number of carbonyl (C=O) groups is 1. The van der Waals surface area contributed by atoms with Crippen molar-refractivity contribution in [3.05, 3.63) is 98.0 Å². The average molecular weight is 438 g/mol. The largest absolute Gasteiger partial charge is 0.347 e. The molecule has 0 bridgehead atoms. The number of nitrogens with zero attached hydrogens (tertiary/aromatic N) is 1. The number of H-pyrrole nitrogens is 1. The van der Waals surface area contributed by atoms with Crippen molar-refractivity contribution in [3.8, 4) is 11.1 Å². The zero-order valence-corrected chi connectivity index (χ0v) is 17.5. The second-order valence-corrected chi connectivity index (χ2v) is 7.80. The summed E-state index contributed by atoms with van der Waals surface area (Å²) in [7, 11) is 0. The second-order valence-electron chi connectivity index (χ2n) is 6.93. The van der Waals surface area contributed by atoms with Crippen molar-refractivity contribution in [1.82, 2.24) is 15.3 Å². The highest BCUT2D eigenvalue weighted by molar-refractivity contribution is 6.34. The Bertz CT molecular complexity index is 1290. The molecule has 2 N–H and O–H groups in total. The Morgan fingerprint density at radius 1 is 1.07 bits per heavy atom. The van der Waals surface area contributed by atoms with Crippen molar-refractivity contribution in [2.24, 2.45) is 0 Å². The molecule has 150 valence electrons. The third kappa shape index (κ3) is 4.08. The smallest absolute Gasteiger partial charge is 0.275 e. The molecule has 0 radical (unpaired) electrons. The van der Waals surface area contributed by atoms with Gasteiger partial charge in [-0.15, -0.1) is 0 Å². The number of nitrogens with one attached hydrogen (secondary N) is 2. The molecular weight excluding hydrogens is 421 g/mol. The predicted molar refractivity (Wildman–Crippen MR) is 120 cm³/mol. The number of rotatable bonds is 4. The van der Waals surface area contributed by atoms with E-state index in [4.69, 9.17) is 23.2 Å². The molecule has 0 spiro atoms. The summed E-state index contributed by atoms with van der Waals surface area (Å²) >= 11 is 12.1. The molecule has 4 rings (SSSR count). The zero-order valence-electron chi connectivity index (χ0n) is 16.0. The fourth-order valence-electron chi connectivity index (χ4n) is 3.33. The van der Waals surface area contributed by atoms with Crippen molar-refractivity contribution in [2.75, 3.05) is 0 Å². The number of halogens is 2. The minimum Gasteiger partial charge on any atom is -0.347 e. The van der Waals surface area contributed by atoms with E-state index >= 15 is 0 Å². The van der Waals surface area contributed by atoms with Crippen molar-refractivity contribution >= 4 is 40.0 Å². The molecule has 7 heteroatoms. The van der Waals surface area contributed by atoms with Gasteiger partial charge in [-0.1, -0.05) is 59.1 Å². The third-order valence-corrected chi connectivity index (χ3v) is 5.16. The fourth-order valence-corrected chi connectivity index (χ4v) is 3.90. The Morgan fingerprint density at radius 2 is 1.77 bits per heavy atom. The summed E-state index contributed by atoms with van der Waals surface area (Å²) in [5, 5.41) is 4.42. The molecule has 2 aromatic carbocycles. The van der Waals surface area contributed by atoms with Crippen molar-refractivity contribution in [1.29, 1.82) is 0 Å². The number of fused-ring (bicyclic) bond motifs is 1. The van der Waals surface area contributed by atoms with Gasteiger partial charge in [0.15, 0.2) is 0 Å². The van der Waals surface area contributed by atoms with Crippen LogP contribution in [0.5, 0.6) is 0 Å².